The Bertz CT molecular complexity index is 698. The van der Waals surface area contributed by atoms with Crippen molar-refractivity contribution in [1.82, 2.24) is 5.16 Å². The summed E-state index contributed by atoms with van der Waals surface area (Å²) < 4.78 is 10.1. The van der Waals surface area contributed by atoms with E-state index in [4.69, 9.17) is 15.0 Å². The first-order chi connectivity index (χ1) is 10.9. The van der Waals surface area contributed by atoms with Crippen molar-refractivity contribution in [2.75, 3.05) is 17.2 Å². The van der Waals surface area contributed by atoms with E-state index in [1.54, 1.807) is 44.2 Å². The highest BCUT2D eigenvalue weighted by molar-refractivity contribution is 5.95. The number of aromatic nitrogens is 1. The van der Waals surface area contributed by atoms with E-state index in [9.17, 15) is 9.59 Å². The van der Waals surface area contributed by atoms with Crippen molar-refractivity contribution in [3.63, 3.8) is 0 Å². The molecule has 8 nitrogen and oxygen atoms in total. The van der Waals surface area contributed by atoms with E-state index in [0.29, 0.717) is 23.0 Å². The molecule has 0 saturated heterocycles. The van der Waals surface area contributed by atoms with E-state index in [-0.39, 0.29) is 12.5 Å². The van der Waals surface area contributed by atoms with Crippen LogP contribution in [0.3, 0.4) is 0 Å². The average Bonchev–Trinajstić information content (AvgIpc) is 2.90. The van der Waals surface area contributed by atoms with Gasteiger partial charge in [0.1, 0.15) is 17.6 Å². The molecule has 0 radical (unpaired) electrons. The number of amides is 2. The highest BCUT2D eigenvalue weighted by atomic mass is 16.5. The third kappa shape index (κ3) is 5.03. The first-order valence-corrected chi connectivity index (χ1v) is 6.96. The van der Waals surface area contributed by atoms with Gasteiger partial charge >= 0.3 is 0 Å². The molecule has 0 unspecified atom stereocenters. The summed E-state index contributed by atoms with van der Waals surface area (Å²) in [6.07, 6.45) is 0. The fourth-order valence-electron chi connectivity index (χ4n) is 1.81. The van der Waals surface area contributed by atoms with Crippen LogP contribution in [-0.4, -0.2) is 29.6 Å². The lowest BCUT2D eigenvalue weighted by molar-refractivity contribution is -0.120. The second-order valence-corrected chi connectivity index (χ2v) is 4.96. The summed E-state index contributed by atoms with van der Waals surface area (Å²) in [7, 11) is 0. The van der Waals surface area contributed by atoms with E-state index in [0.717, 1.165) is 0 Å². The minimum Gasteiger partial charge on any atom is -0.484 e. The molecule has 0 aliphatic rings. The largest absolute Gasteiger partial charge is 0.484 e. The minimum atomic E-state index is -0.556. The lowest BCUT2D eigenvalue weighted by atomic mass is 10.2. The lowest BCUT2D eigenvalue weighted by Gasteiger charge is -2.15. The summed E-state index contributed by atoms with van der Waals surface area (Å²) in [6.45, 7) is 3.24. The van der Waals surface area contributed by atoms with Crippen LogP contribution in [0, 0.1) is 6.92 Å². The number of hydrogen-bond donors (Lipinski definition) is 3. The molecule has 0 spiro atoms. The number of carbonyl (C=O) groups is 2. The molecule has 0 bridgehead atoms. The molecule has 8 heteroatoms. The van der Waals surface area contributed by atoms with Gasteiger partial charge in [0, 0.05) is 17.8 Å². The molecular weight excluding hydrogens is 300 g/mol. The van der Waals surface area contributed by atoms with Crippen molar-refractivity contribution in [3.05, 3.63) is 36.1 Å². The molecule has 2 rings (SSSR count). The van der Waals surface area contributed by atoms with Crippen LogP contribution in [0.5, 0.6) is 5.75 Å². The van der Waals surface area contributed by atoms with Crippen molar-refractivity contribution >= 4 is 23.3 Å². The first-order valence-electron chi connectivity index (χ1n) is 6.96. The maximum absolute atomic E-state index is 12.1. The van der Waals surface area contributed by atoms with Crippen LogP contribution in [0.1, 0.15) is 12.7 Å². The van der Waals surface area contributed by atoms with Gasteiger partial charge in [0.25, 0.3) is 5.91 Å². The van der Waals surface area contributed by atoms with E-state index in [2.05, 4.69) is 15.8 Å². The lowest BCUT2D eigenvalue weighted by Crippen LogP contribution is -2.32. The molecule has 1 aromatic heterocycles. The third-order valence-corrected chi connectivity index (χ3v) is 2.87. The van der Waals surface area contributed by atoms with Crippen LogP contribution in [0.2, 0.25) is 0 Å². The summed E-state index contributed by atoms with van der Waals surface area (Å²) in [5.41, 5.74) is 5.70. The number of carbonyl (C=O) groups excluding carboxylic acids is 2. The Morgan fingerprint density at radius 1 is 1.39 bits per heavy atom. The molecule has 2 aromatic rings. The molecule has 0 aliphatic carbocycles. The number of rotatable bonds is 7. The number of ether oxygens (including phenoxy) is 1. The Balaban J connectivity index is 1.93. The minimum absolute atomic E-state index is 0.203. The van der Waals surface area contributed by atoms with E-state index in [1.807, 2.05) is 0 Å². The summed E-state index contributed by atoms with van der Waals surface area (Å²) in [6, 6.07) is 8.00. The number of hydrogen-bond acceptors (Lipinski definition) is 6. The molecular formula is C15H18N4O4. The van der Waals surface area contributed by atoms with E-state index >= 15 is 0 Å². The maximum atomic E-state index is 12.1. The predicted octanol–water partition coefficient (Wildman–Crippen LogP) is 1.29. The quantitative estimate of drug-likeness (QED) is 0.707. The zero-order valence-electron chi connectivity index (χ0n) is 12.8. The fourth-order valence-corrected chi connectivity index (χ4v) is 1.81. The van der Waals surface area contributed by atoms with Gasteiger partial charge in [-0.15, -0.1) is 0 Å². The molecule has 0 saturated carbocycles. The highest BCUT2D eigenvalue weighted by Gasteiger charge is 2.14. The van der Waals surface area contributed by atoms with Crippen molar-refractivity contribution in [1.29, 1.82) is 0 Å². The molecule has 2 amide bonds. The van der Waals surface area contributed by atoms with Crippen molar-refractivity contribution in [3.8, 4) is 5.75 Å². The third-order valence-electron chi connectivity index (χ3n) is 2.87. The number of primary amides is 1. The van der Waals surface area contributed by atoms with Gasteiger partial charge in [-0.1, -0.05) is 11.2 Å². The molecule has 0 aliphatic heterocycles. The van der Waals surface area contributed by atoms with Gasteiger partial charge in [0.05, 0.1) is 0 Å². The maximum Gasteiger partial charge on any atom is 0.255 e. The number of nitrogens with zero attached hydrogens (tertiary/aromatic N) is 1. The van der Waals surface area contributed by atoms with Gasteiger partial charge in [-0.05, 0) is 26.0 Å². The Morgan fingerprint density at radius 3 is 2.83 bits per heavy atom. The Morgan fingerprint density at radius 2 is 2.17 bits per heavy atom. The van der Waals surface area contributed by atoms with E-state index < -0.39 is 11.9 Å². The average molecular weight is 318 g/mol. The molecule has 23 heavy (non-hydrogen) atoms. The normalized spacial score (nSPS) is 11.6. The topological polar surface area (TPSA) is 119 Å². The van der Waals surface area contributed by atoms with Crippen LogP contribution < -0.4 is 21.1 Å². The second kappa shape index (κ2) is 7.30. The summed E-state index contributed by atoms with van der Waals surface area (Å²) >= 11 is 0. The first kappa shape index (κ1) is 16.3. The molecule has 1 atom stereocenters. The highest BCUT2D eigenvalue weighted by Crippen LogP contribution is 2.18. The van der Waals surface area contributed by atoms with Gasteiger partial charge in [-0.25, -0.2) is 0 Å². The standard InChI is InChI=1S/C15H18N4O4/c1-9-6-14(19-23-9)18-15(21)10(2)17-11-4-3-5-12(7-11)22-8-13(16)20/h3-7,10,17H,8H2,1-2H3,(H2,16,20)(H,18,19,21)/t10-/m0/s1. The SMILES string of the molecule is Cc1cc(NC(=O)[C@H](C)Nc2cccc(OCC(N)=O)c2)no1. The monoisotopic (exact) mass is 318 g/mol. The van der Waals surface area contributed by atoms with Crippen molar-refractivity contribution < 1.29 is 18.8 Å². The van der Waals surface area contributed by atoms with Crippen LogP contribution in [0.4, 0.5) is 11.5 Å². The number of benzene rings is 1. The number of nitrogens with two attached hydrogens (primary N) is 1. The summed E-state index contributed by atoms with van der Waals surface area (Å²) in [4.78, 5) is 22.8. The van der Waals surface area contributed by atoms with Gasteiger partial charge in [0.15, 0.2) is 12.4 Å². The Kier molecular flexibility index (Phi) is 5.19. The molecule has 1 aromatic carbocycles. The van der Waals surface area contributed by atoms with Gasteiger partial charge in [-0.2, -0.15) is 0 Å². The summed E-state index contributed by atoms with van der Waals surface area (Å²) in [5, 5.41) is 9.37. The zero-order chi connectivity index (χ0) is 16.8. The fraction of sp³-hybridized carbons (Fsp3) is 0.267. The molecule has 122 valence electrons. The molecule has 1 heterocycles. The smallest absolute Gasteiger partial charge is 0.255 e. The van der Waals surface area contributed by atoms with Crippen LogP contribution in [0.15, 0.2) is 34.9 Å². The van der Waals surface area contributed by atoms with Gasteiger partial charge < -0.3 is 25.6 Å². The number of nitrogens with one attached hydrogen (secondary N) is 2. The van der Waals surface area contributed by atoms with Crippen molar-refractivity contribution in [2.24, 2.45) is 5.73 Å². The second-order valence-electron chi connectivity index (χ2n) is 4.96. The summed E-state index contributed by atoms with van der Waals surface area (Å²) in [5.74, 6) is 0.634. The van der Waals surface area contributed by atoms with E-state index in [1.165, 1.54) is 0 Å². The number of aryl methyl sites for hydroxylation is 1. The Hall–Kier alpha value is -3.03. The predicted molar refractivity (Wildman–Crippen MR) is 84.1 cm³/mol. The van der Waals surface area contributed by atoms with Crippen LogP contribution >= 0.6 is 0 Å². The van der Waals surface area contributed by atoms with Crippen LogP contribution in [0.25, 0.3) is 0 Å². The van der Waals surface area contributed by atoms with Gasteiger partial charge in [0.2, 0.25) is 5.91 Å². The van der Waals surface area contributed by atoms with Gasteiger partial charge in [-0.3, -0.25) is 9.59 Å². The number of anilines is 2. The van der Waals surface area contributed by atoms with Crippen LogP contribution in [-0.2, 0) is 9.59 Å². The van der Waals surface area contributed by atoms with Crippen molar-refractivity contribution in [2.45, 2.75) is 19.9 Å². The Labute approximate surface area is 133 Å². The molecule has 0 fully saturated rings. The molecule has 4 N–H and O–H groups in total. The zero-order valence-corrected chi connectivity index (χ0v) is 12.8.